The number of amides is 2. The Balaban J connectivity index is 1.97. The minimum absolute atomic E-state index is 0.283. The highest BCUT2D eigenvalue weighted by molar-refractivity contribution is 5.94. The Hall–Kier alpha value is -3.28. The van der Waals surface area contributed by atoms with Gasteiger partial charge in [-0.1, -0.05) is 30.3 Å². The fourth-order valence-corrected chi connectivity index (χ4v) is 2.84. The number of nitrogens with zero attached hydrogens (tertiary/aromatic N) is 1. The van der Waals surface area contributed by atoms with Crippen molar-refractivity contribution in [1.82, 2.24) is 10.2 Å². The van der Waals surface area contributed by atoms with Crippen LogP contribution in [-0.4, -0.2) is 31.1 Å². The largest absolute Gasteiger partial charge is 0.466 e. The zero-order valence-corrected chi connectivity index (χ0v) is 14.9. The second kappa shape index (κ2) is 7.31. The van der Waals surface area contributed by atoms with E-state index >= 15 is 0 Å². The number of ether oxygens (including phenoxy) is 2. The molecule has 1 heterocycles. The highest BCUT2D eigenvalue weighted by atomic mass is 16.5. The molecule has 1 unspecified atom stereocenters. The van der Waals surface area contributed by atoms with E-state index in [2.05, 4.69) is 5.32 Å². The van der Waals surface area contributed by atoms with Gasteiger partial charge in [0.2, 0.25) is 0 Å². The van der Waals surface area contributed by atoms with Crippen molar-refractivity contribution in [3.8, 4) is 11.5 Å². The SMILES string of the molecule is COC(=O)C1=C(C)N(C)C(=O)NC1c1cccc(Oc2ccccc2)c1. The molecular formula is C20H20N2O4. The zero-order valence-electron chi connectivity index (χ0n) is 14.9. The van der Waals surface area contributed by atoms with Crippen LogP contribution in [0.4, 0.5) is 4.79 Å². The molecule has 0 saturated carbocycles. The lowest BCUT2D eigenvalue weighted by Crippen LogP contribution is -2.46. The maximum Gasteiger partial charge on any atom is 0.337 e. The van der Waals surface area contributed by atoms with Crippen LogP contribution in [0.25, 0.3) is 0 Å². The van der Waals surface area contributed by atoms with Crippen LogP contribution in [0, 0.1) is 0 Å². The van der Waals surface area contributed by atoms with Crippen LogP contribution in [-0.2, 0) is 9.53 Å². The first-order valence-electron chi connectivity index (χ1n) is 8.17. The monoisotopic (exact) mass is 352 g/mol. The highest BCUT2D eigenvalue weighted by Gasteiger charge is 2.34. The summed E-state index contributed by atoms with van der Waals surface area (Å²) < 4.78 is 10.8. The van der Waals surface area contributed by atoms with Crippen molar-refractivity contribution in [2.75, 3.05) is 14.2 Å². The van der Waals surface area contributed by atoms with Crippen LogP contribution >= 0.6 is 0 Å². The Labute approximate surface area is 152 Å². The molecule has 134 valence electrons. The molecule has 1 atom stereocenters. The maximum absolute atomic E-state index is 12.3. The third-order valence-corrected chi connectivity index (χ3v) is 4.33. The lowest BCUT2D eigenvalue weighted by atomic mass is 9.95. The standard InChI is InChI=1S/C20H20N2O4/c1-13-17(19(23)25-3)18(21-20(24)22(13)2)14-8-7-11-16(12-14)26-15-9-5-4-6-10-15/h4-12,18H,1-3H3,(H,21,24). The molecule has 1 N–H and O–H groups in total. The van der Waals surface area contributed by atoms with Crippen molar-refractivity contribution < 1.29 is 19.1 Å². The molecule has 1 aliphatic rings. The number of carbonyl (C=O) groups is 2. The van der Waals surface area contributed by atoms with Crippen LogP contribution < -0.4 is 10.1 Å². The molecule has 0 bridgehead atoms. The van der Waals surface area contributed by atoms with Gasteiger partial charge >= 0.3 is 12.0 Å². The normalized spacial score (nSPS) is 17.0. The van der Waals surface area contributed by atoms with Crippen molar-refractivity contribution >= 4 is 12.0 Å². The summed E-state index contributed by atoms with van der Waals surface area (Å²) in [6.45, 7) is 1.72. The molecule has 0 aliphatic carbocycles. The van der Waals surface area contributed by atoms with Gasteiger partial charge < -0.3 is 19.7 Å². The smallest absolute Gasteiger partial charge is 0.337 e. The summed E-state index contributed by atoms with van der Waals surface area (Å²) in [5, 5.41) is 2.84. The summed E-state index contributed by atoms with van der Waals surface area (Å²) in [5.41, 5.74) is 1.69. The zero-order chi connectivity index (χ0) is 18.7. The molecule has 0 spiro atoms. The van der Waals surface area contributed by atoms with Crippen molar-refractivity contribution in [3.05, 3.63) is 71.4 Å². The Bertz CT molecular complexity index is 861. The Morgan fingerprint density at radius 1 is 1.08 bits per heavy atom. The lowest BCUT2D eigenvalue weighted by Gasteiger charge is -2.33. The molecule has 26 heavy (non-hydrogen) atoms. The third kappa shape index (κ3) is 3.39. The van der Waals surface area contributed by atoms with Crippen molar-refractivity contribution in [3.63, 3.8) is 0 Å². The van der Waals surface area contributed by atoms with E-state index in [4.69, 9.17) is 9.47 Å². The van der Waals surface area contributed by atoms with E-state index in [-0.39, 0.29) is 6.03 Å². The first-order chi connectivity index (χ1) is 12.5. The summed E-state index contributed by atoms with van der Waals surface area (Å²) in [6.07, 6.45) is 0. The second-order valence-electron chi connectivity index (χ2n) is 5.92. The number of rotatable bonds is 4. The van der Waals surface area contributed by atoms with Gasteiger partial charge in [-0.25, -0.2) is 9.59 Å². The van der Waals surface area contributed by atoms with Crippen LogP contribution in [0.5, 0.6) is 11.5 Å². The first kappa shape index (κ1) is 17.5. The average Bonchev–Trinajstić information content (AvgIpc) is 2.66. The van der Waals surface area contributed by atoms with Gasteiger partial charge in [0.05, 0.1) is 18.7 Å². The van der Waals surface area contributed by atoms with E-state index in [9.17, 15) is 9.59 Å². The van der Waals surface area contributed by atoms with E-state index in [1.54, 1.807) is 20.0 Å². The summed E-state index contributed by atoms with van der Waals surface area (Å²) in [4.78, 5) is 25.9. The Kier molecular flexibility index (Phi) is 4.93. The van der Waals surface area contributed by atoms with Crippen LogP contribution in [0.3, 0.4) is 0 Å². The van der Waals surface area contributed by atoms with Crippen molar-refractivity contribution in [1.29, 1.82) is 0 Å². The molecule has 0 fully saturated rings. The molecule has 0 saturated heterocycles. The van der Waals surface area contributed by atoms with Gasteiger partial charge in [0.25, 0.3) is 0 Å². The Morgan fingerprint density at radius 3 is 2.46 bits per heavy atom. The van der Waals surface area contributed by atoms with E-state index < -0.39 is 12.0 Å². The minimum Gasteiger partial charge on any atom is -0.466 e. The molecule has 6 heteroatoms. The number of para-hydroxylation sites is 1. The molecule has 0 radical (unpaired) electrons. The fraction of sp³-hybridized carbons (Fsp3) is 0.200. The van der Waals surface area contributed by atoms with E-state index in [1.165, 1.54) is 12.0 Å². The third-order valence-electron chi connectivity index (χ3n) is 4.33. The van der Waals surface area contributed by atoms with Gasteiger partial charge in [0.15, 0.2) is 0 Å². The molecule has 6 nitrogen and oxygen atoms in total. The van der Waals surface area contributed by atoms with Crippen LogP contribution in [0.1, 0.15) is 18.5 Å². The fourth-order valence-electron chi connectivity index (χ4n) is 2.84. The first-order valence-corrected chi connectivity index (χ1v) is 8.17. The molecule has 2 amide bonds. The van der Waals surface area contributed by atoms with Gasteiger partial charge in [0, 0.05) is 12.7 Å². The number of methoxy groups -OCH3 is 1. The molecule has 0 aromatic heterocycles. The maximum atomic E-state index is 12.3. The number of benzene rings is 2. The Morgan fingerprint density at radius 2 is 1.77 bits per heavy atom. The molecule has 3 rings (SSSR count). The highest BCUT2D eigenvalue weighted by Crippen LogP contribution is 2.33. The summed E-state index contributed by atoms with van der Waals surface area (Å²) in [5.74, 6) is 0.842. The van der Waals surface area contributed by atoms with Crippen molar-refractivity contribution in [2.45, 2.75) is 13.0 Å². The van der Waals surface area contributed by atoms with Gasteiger partial charge in [-0.2, -0.15) is 0 Å². The average molecular weight is 352 g/mol. The van der Waals surface area contributed by atoms with E-state index in [1.807, 2.05) is 48.5 Å². The molecule has 1 aliphatic heterocycles. The summed E-state index contributed by atoms with van der Waals surface area (Å²) >= 11 is 0. The topological polar surface area (TPSA) is 67.9 Å². The number of hydrogen-bond acceptors (Lipinski definition) is 4. The predicted molar refractivity (Wildman–Crippen MR) is 96.7 cm³/mol. The number of nitrogens with one attached hydrogen (secondary N) is 1. The molecular weight excluding hydrogens is 332 g/mol. The number of hydrogen-bond donors (Lipinski definition) is 1. The van der Waals surface area contributed by atoms with E-state index in [0.29, 0.717) is 22.8 Å². The van der Waals surface area contributed by atoms with Crippen LogP contribution in [0.2, 0.25) is 0 Å². The van der Waals surface area contributed by atoms with Crippen molar-refractivity contribution in [2.24, 2.45) is 0 Å². The second-order valence-corrected chi connectivity index (χ2v) is 5.92. The number of urea groups is 1. The summed E-state index contributed by atoms with van der Waals surface area (Å²) in [6, 6.07) is 15.8. The number of carbonyl (C=O) groups excluding carboxylic acids is 2. The number of allylic oxidation sites excluding steroid dienone is 1. The van der Waals surface area contributed by atoms with E-state index in [0.717, 1.165) is 5.56 Å². The lowest BCUT2D eigenvalue weighted by molar-refractivity contribution is -0.136. The van der Waals surface area contributed by atoms with Gasteiger partial charge in [-0.05, 0) is 36.8 Å². The predicted octanol–water partition coefficient (Wildman–Crippen LogP) is 3.62. The molecule has 2 aromatic carbocycles. The molecule has 2 aromatic rings. The van der Waals surface area contributed by atoms with Gasteiger partial charge in [-0.3, -0.25) is 0 Å². The number of esters is 1. The van der Waals surface area contributed by atoms with Crippen LogP contribution in [0.15, 0.2) is 65.9 Å². The quantitative estimate of drug-likeness (QED) is 0.854. The van der Waals surface area contributed by atoms with Gasteiger partial charge in [-0.15, -0.1) is 0 Å². The summed E-state index contributed by atoms with van der Waals surface area (Å²) in [7, 11) is 2.93. The van der Waals surface area contributed by atoms with Gasteiger partial charge in [0.1, 0.15) is 11.5 Å². The minimum atomic E-state index is -0.606.